The van der Waals surface area contributed by atoms with Gasteiger partial charge in [0.25, 0.3) is 0 Å². The van der Waals surface area contributed by atoms with Crippen molar-refractivity contribution in [1.82, 2.24) is 10.2 Å². The van der Waals surface area contributed by atoms with E-state index in [0.717, 1.165) is 0 Å². The molecule has 0 aliphatic heterocycles. The van der Waals surface area contributed by atoms with Gasteiger partial charge in [0.15, 0.2) is 0 Å². The van der Waals surface area contributed by atoms with Crippen molar-refractivity contribution in [3.05, 3.63) is 0 Å². The van der Waals surface area contributed by atoms with Crippen LogP contribution >= 0.6 is 0 Å². The molecule has 0 aliphatic rings. The van der Waals surface area contributed by atoms with Gasteiger partial charge in [0.2, 0.25) is 0 Å². The third-order valence-electron chi connectivity index (χ3n) is 3.41. The Morgan fingerprint density at radius 3 is 1.88 bits per heavy atom. The van der Waals surface area contributed by atoms with E-state index in [2.05, 4.69) is 45.0 Å². The molecule has 0 heterocycles. The van der Waals surface area contributed by atoms with Crippen LogP contribution in [0.3, 0.4) is 0 Å². The monoisotopic (exact) mass is 228 g/mol. The maximum absolute atomic E-state index is 3.34. The second kappa shape index (κ2) is 10.1. The largest absolute Gasteiger partial charge is 0.317 e. The Hall–Kier alpha value is -0.0800. The van der Waals surface area contributed by atoms with Crippen molar-refractivity contribution < 1.29 is 0 Å². The molecule has 2 nitrogen and oxygen atoms in total. The van der Waals surface area contributed by atoms with Gasteiger partial charge in [-0.1, -0.05) is 26.7 Å². The van der Waals surface area contributed by atoms with E-state index in [-0.39, 0.29) is 0 Å². The van der Waals surface area contributed by atoms with Crippen LogP contribution in [0.4, 0.5) is 0 Å². The first-order chi connectivity index (χ1) is 7.65. The number of hydrogen-bond donors (Lipinski definition) is 1. The van der Waals surface area contributed by atoms with Crippen molar-refractivity contribution in [3.8, 4) is 0 Å². The molecule has 0 radical (unpaired) electrons. The van der Waals surface area contributed by atoms with E-state index < -0.39 is 0 Å². The third-order valence-corrected chi connectivity index (χ3v) is 3.41. The molecule has 0 rings (SSSR count). The van der Waals surface area contributed by atoms with E-state index in [4.69, 9.17) is 0 Å². The fraction of sp³-hybridized carbons (Fsp3) is 1.00. The highest BCUT2D eigenvalue weighted by Crippen LogP contribution is 2.10. The fourth-order valence-corrected chi connectivity index (χ4v) is 2.05. The Kier molecular flexibility index (Phi) is 10.0. The average molecular weight is 228 g/mol. The zero-order chi connectivity index (χ0) is 12.4. The van der Waals surface area contributed by atoms with Crippen molar-refractivity contribution in [3.63, 3.8) is 0 Å². The fourth-order valence-electron chi connectivity index (χ4n) is 2.05. The molecule has 0 aromatic heterocycles. The summed E-state index contributed by atoms with van der Waals surface area (Å²) in [6, 6.07) is 1.33. The Labute approximate surface area is 103 Å². The van der Waals surface area contributed by atoms with Crippen LogP contribution < -0.4 is 5.32 Å². The molecule has 1 N–H and O–H groups in total. The Morgan fingerprint density at radius 2 is 1.50 bits per heavy atom. The molecule has 0 amide bonds. The van der Waals surface area contributed by atoms with Crippen LogP contribution in [-0.4, -0.2) is 37.1 Å². The highest BCUT2D eigenvalue weighted by Gasteiger charge is 2.14. The summed E-state index contributed by atoms with van der Waals surface area (Å²) in [7, 11) is 2.06. The van der Waals surface area contributed by atoms with Crippen LogP contribution in [-0.2, 0) is 0 Å². The summed E-state index contributed by atoms with van der Waals surface area (Å²) in [6.45, 7) is 11.7. The molecule has 0 saturated heterocycles. The van der Waals surface area contributed by atoms with Gasteiger partial charge in [-0.05, 0) is 53.2 Å². The van der Waals surface area contributed by atoms with Crippen LogP contribution in [0, 0.1) is 0 Å². The SMILES string of the molecule is CCCCN(CCCC)C(C)CC(C)NC. The molecule has 16 heavy (non-hydrogen) atoms. The van der Waals surface area contributed by atoms with E-state index in [0.29, 0.717) is 12.1 Å². The van der Waals surface area contributed by atoms with E-state index in [1.165, 1.54) is 45.2 Å². The Morgan fingerprint density at radius 1 is 1.00 bits per heavy atom. The van der Waals surface area contributed by atoms with Crippen LogP contribution in [0.1, 0.15) is 59.8 Å². The van der Waals surface area contributed by atoms with Gasteiger partial charge in [-0.2, -0.15) is 0 Å². The predicted molar refractivity (Wildman–Crippen MR) is 74.0 cm³/mol. The maximum Gasteiger partial charge on any atom is 0.00816 e. The van der Waals surface area contributed by atoms with Gasteiger partial charge in [0.1, 0.15) is 0 Å². The second-order valence-electron chi connectivity index (χ2n) is 5.02. The van der Waals surface area contributed by atoms with Gasteiger partial charge in [-0.3, -0.25) is 0 Å². The van der Waals surface area contributed by atoms with Crippen LogP contribution in [0.25, 0.3) is 0 Å². The van der Waals surface area contributed by atoms with Gasteiger partial charge in [-0.25, -0.2) is 0 Å². The number of nitrogens with zero attached hydrogens (tertiary/aromatic N) is 1. The van der Waals surface area contributed by atoms with Gasteiger partial charge < -0.3 is 10.2 Å². The van der Waals surface area contributed by atoms with Crippen LogP contribution in [0.15, 0.2) is 0 Å². The zero-order valence-electron chi connectivity index (χ0n) is 12.1. The van der Waals surface area contributed by atoms with E-state index in [1.54, 1.807) is 0 Å². The van der Waals surface area contributed by atoms with Crippen molar-refractivity contribution >= 4 is 0 Å². The normalized spacial score (nSPS) is 15.4. The number of nitrogens with one attached hydrogen (secondary N) is 1. The lowest BCUT2D eigenvalue weighted by Crippen LogP contribution is -2.39. The summed E-state index contributed by atoms with van der Waals surface area (Å²) in [5, 5.41) is 3.34. The van der Waals surface area contributed by atoms with Gasteiger partial charge in [-0.15, -0.1) is 0 Å². The molecular weight excluding hydrogens is 196 g/mol. The zero-order valence-corrected chi connectivity index (χ0v) is 12.1. The van der Waals surface area contributed by atoms with E-state index in [1.807, 2.05) is 0 Å². The lowest BCUT2D eigenvalue weighted by atomic mass is 10.1. The van der Waals surface area contributed by atoms with Crippen molar-refractivity contribution in [2.45, 2.75) is 71.9 Å². The summed E-state index contributed by atoms with van der Waals surface area (Å²) in [6.07, 6.45) is 6.53. The molecule has 2 atom stereocenters. The number of unbranched alkanes of at least 4 members (excludes halogenated alkanes) is 2. The maximum atomic E-state index is 3.34. The highest BCUT2D eigenvalue weighted by atomic mass is 15.1. The smallest absolute Gasteiger partial charge is 0.00816 e. The minimum atomic E-state index is 0.626. The molecule has 0 fully saturated rings. The van der Waals surface area contributed by atoms with Crippen molar-refractivity contribution in [2.75, 3.05) is 20.1 Å². The molecule has 0 aliphatic carbocycles. The average Bonchev–Trinajstić information content (AvgIpc) is 2.28. The molecule has 98 valence electrons. The third kappa shape index (κ3) is 7.24. The topological polar surface area (TPSA) is 15.3 Å². The van der Waals surface area contributed by atoms with Crippen LogP contribution in [0.2, 0.25) is 0 Å². The highest BCUT2D eigenvalue weighted by molar-refractivity contribution is 4.72. The standard InChI is InChI=1S/C14H32N2/c1-6-8-10-16(11-9-7-2)14(4)12-13(3)15-5/h13-15H,6-12H2,1-5H3. The summed E-state index contributed by atoms with van der Waals surface area (Å²) < 4.78 is 0. The first-order valence-corrected chi connectivity index (χ1v) is 7.06. The Bertz CT molecular complexity index is 140. The van der Waals surface area contributed by atoms with Gasteiger partial charge in [0.05, 0.1) is 0 Å². The molecule has 0 saturated carbocycles. The summed E-state index contributed by atoms with van der Waals surface area (Å²) >= 11 is 0. The van der Waals surface area contributed by atoms with Crippen molar-refractivity contribution in [1.29, 1.82) is 0 Å². The van der Waals surface area contributed by atoms with Gasteiger partial charge >= 0.3 is 0 Å². The molecule has 0 spiro atoms. The summed E-state index contributed by atoms with van der Waals surface area (Å²) in [5.74, 6) is 0. The molecule has 0 bridgehead atoms. The molecule has 2 heteroatoms. The predicted octanol–water partition coefficient (Wildman–Crippen LogP) is 3.28. The first kappa shape index (κ1) is 15.9. The number of rotatable bonds is 10. The van der Waals surface area contributed by atoms with Gasteiger partial charge in [0, 0.05) is 12.1 Å². The quantitative estimate of drug-likeness (QED) is 0.617. The first-order valence-electron chi connectivity index (χ1n) is 7.06. The molecule has 2 unspecified atom stereocenters. The number of hydrogen-bond acceptors (Lipinski definition) is 2. The van der Waals surface area contributed by atoms with Crippen molar-refractivity contribution in [2.24, 2.45) is 0 Å². The Balaban J connectivity index is 4.02. The lowest BCUT2D eigenvalue weighted by Gasteiger charge is -2.30. The second-order valence-corrected chi connectivity index (χ2v) is 5.02. The minimum Gasteiger partial charge on any atom is -0.317 e. The summed E-state index contributed by atoms with van der Waals surface area (Å²) in [5.41, 5.74) is 0. The summed E-state index contributed by atoms with van der Waals surface area (Å²) in [4.78, 5) is 2.67. The molecule has 0 aromatic carbocycles. The molecule has 0 aromatic rings. The molecular formula is C14H32N2. The van der Waals surface area contributed by atoms with E-state index in [9.17, 15) is 0 Å². The van der Waals surface area contributed by atoms with E-state index >= 15 is 0 Å². The van der Waals surface area contributed by atoms with Crippen LogP contribution in [0.5, 0.6) is 0 Å². The lowest BCUT2D eigenvalue weighted by molar-refractivity contribution is 0.184. The minimum absolute atomic E-state index is 0.626.